The van der Waals surface area contributed by atoms with Gasteiger partial charge in [0.05, 0.1) is 23.3 Å². The van der Waals surface area contributed by atoms with Crippen LogP contribution in [-0.2, 0) is 4.74 Å². The van der Waals surface area contributed by atoms with Crippen LogP contribution < -0.4 is 5.56 Å². The molecule has 150 valence electrons. The van der Waals surface area contributed by atoms with Crippen LogP contribution in [0.5, 0.6) is 0 Å². The number of ether oxygens (including phenoxy) is 1. The molecule has 30 heavy (non-hydrogen) atoms. The highest BCUT2D eigenvalue weighted by Crippen LogP contribution is 2.28. The molecule has 4 rings (SSSR count). The molecule has 0 fully saturated rings. The van der Waals surface area contributed by atoms with Gasteiger partial charge in [0.15, 0.2) is 0 Å². The molecule has 0 saturated carbocycles. The molecule has 0 bridgehead atoms. The number of carbonyl (C=O) groups excluding carboxylic acids is 1. The van der Waals surface area contributed by atoms with Gasteiger partial charge in [-0.05, 0) is 30.7 Å². The molecule has 0 unspecified atom stereocenters. The average molecular weight is 404 g/mol. The zero-order valence-electron chi connectivity index (χ0n) is 16.1. The molecule has 0 spiro atoms. The lowest BCUT2D eigenvalue weighted by atomic mass is 10.1. The Bertz CT molecular complexity index is 1320. The predicted octanol–water partition coefficient (Wildman–Crippen LogP) is 3.13. The van der Waals surface area contributed by atoms with E-state index in [-0.39, 0.29) is 28.2 Å². The van der Waals surface area contributed by atoms with Crippen LogP contribution in [0.3, 0.4) is 0 Å². The largest absolute Gasteiger partial charge is 0.465 e. The summed E-state index contributed by atoms with van der Waals surface area (Å²) in [5.74, 6) is -0.707. The van der Waals surface area contributed by atoms with Crippen molar-refractivity contribution in [1.29, 1.82) is 0 Å². The lowest BCUT2D eigenvalue weighted by Crippen LogP contribution is -2.15. The number of rotatable bonds is 4. The van der Waals surface area contributed by atoms with Crippen LogP contribution in [0, 0.1) is 17.0 Å². The maximum atomic E-state index is 13.1. The molecule has 9 nitrogen and oxygen atoms in total. The lowest BCUT2D eigenvalue weighted by Gasteiger charge is -2.11. The molecule has 0 saturated heterocycles. The minimum Gasteiger partial charge on any atom is -0.465 e. The average Bonchev–Trinajstić information content (AvgIpc) is 3.09. The van der Waals surface area contributed by atoms with E-state index in [4.69, 9.17) is 4.74 Å². The fourth-order valence-electron chi connectivity index (χ4n) is 3.28. The molecule has 2 aromatic rings. The van der Waals surface area contributed by atoms with E-state index in [9.17, 15) is 19.7 Å². The van der Waals surface area contributed by atoms with Gasteiger partial charge >= 0.3 is 5.97 Å². The summed E-state index contributed by atoms with van der Waals surface area (Å²) in [4.78, 5) is 36.4. The molecule has 9 heteroatoms. The SMILES string of the molecule is COC(=O)c1cn(-c2ccccc2[N+](=O)[O-])cc2c(=O)n(-c3cccc(C)c3)nc1-2. The van der Waals surface area contributed by atoms with Crippen molar-refractivity contribution in [2.24, 2.45) is 0 Å². The number of nitro benzene ring substituents is 1. The van der Waals surface area contributed by atoms with Gasteiger partial charge in [0.2, 0.25) is 0 Å². The fourth-order valence-corrected chi connectivity index (χ4v) is 3.28. The number of aromatic nitrogens is 3. The predicted molar refractivity (Wildman–Crippen MR) is 109 cm³/mol. The van der Waals surface area contributed by atoms with Crippen LogP contribution in [-0.4, -0.2) is 32.3 Å². The number of para-hydroxylation sites is 2. The lowest BCUT2D eigenvalue weighted by molar-refractivity contribution is -0.384. The number of carbonyl (C=O) groups is 1. The molecule has 0 amide bonds. The van der Waals surface area contributed by atoms with E-state index in [1.807, 2.05) is 13.0 Å². The van der Waals surface area contributed by atoms with E-state index in [1.165, 1.54) is 47.0 Å². The second kappa shape index (κ2) is 7.28. The summed E-state index contributed by atoms with van der Waals surface area (Å²) in [7, 11) is 1.21. The number of pyridine rings is 1. The number of nitro groups is 1. The number of hydrogen-bond acceptors (Lipinski definition) is 6. The maximum absolute atomic E-state index is 13.1. The van der Waals surface area contributed by atoms with E-state index in [1.54, 1.807) is 24.3 Å². The molecule has 2 heterocycles. The van der Waals surface area contributed by atoms with Crippen LogP contribution in [0.2, 0.25) is 0 Å². The zero-order valence-corrected chi connectivity index (χ0v) is 16.1. The first-order valence-electron chi connectivity index (χ1n) is 8.95. The molecule has 0 aromatic heterocycles. The number of methoxy groups -OCH3 is 1. The van der Waals surface area contributed by atoms with Gasteiger partial charge in [0, 0.05) is 18.5 Å². The molecule has 0 atom stereocenters. The fraction of sp³-hybridized carbons (Fsp3) is 0.0952. The normalized spacial score (nSPS) is 10.9. The first kappa shape index (κ1) is 19.1. The Morgan fingerprint density at radius 1 is 1.13 bits per heavy atom. The first-order chi connectivity index (χ1) is 14.4. The summed E-state index contributed by atoms with van der Waals surface area (Å²) >= 11 is 0. The number of hydrogen-bond donors (Lipinski definition) is 0. The number of aryl methyl sites for hydroxylation is 1. The highest BCUT2D eigenvalue weighted by atomic mass is 16.6. The Hall–Kier alpha value is -4.27. The van der Waals surface area contributed by atoms with Crippen molar-refractivity contribution in [1.82, 2.24) is 14.3 Å². The van der Waals surface area contributed by atoms with Crippen LogP contribution in [0.1, 0.15) is 15.9 Å². The van der Waals surface area contributed by atoms with Crippen LogP contribution in [0.25, 0.3) is 22.6 Å². The smallest absolute Gasteiger partial charge is 0.341 e. The van der Waals surface area contributed by atoms with E-state index < -0.39 is 16.5 Å². The second-order valence-corrected chi connectivity index (χ2v) is 6.63. The van der Waals surface area contributed by atoms with Gasteiger partial charge in [0.25, 0.3) is 11.2 Å². The summed E-state index contributed by atoms with van der Waals surface area (Å²) in [5, 5.41) is 15.8. The molecule has 2 aliphatic rings. The van der Waals surface area contributed by atoms with Crippen molar-refractivity contribution in [3.05, 3.63) is 92.5 Å². The standard InChI is InChI=1S/C21H16N4O5/c1-13-6-5-7-14(10-13)24-20(26)15-11-23(12-16(19(15)22-24)21(27)30-2)17-8-3-4-9-18(17)25(28)29/h3-12H,1-2H3. The molecule has 0 aliphatic carbocycles. The molecule has 0 radical (unpaired) electrons. The van der Waals surface area contributed by atoms with E-state index in [2.05, 4.69) is 5.10 Å². The summed E-state index contributed by atoms with van der Waals surface area (Å²) in [6.07, 6.45) is 2.81. The molecular weight excluding hydrogens is 388 g/mol. The van der Waals surface area contributed by atoms with Gasteiger partial charge in [-0.1, -0.05) is 24.3 Å². The van der Waals surface area contributed by atoms with E-state index in [0.29, 0.717) is 5.69 Å². The van der Waals surface area contributed by atoms with Crippen LogP contribution >= 0.6 is 0 Å². The Morgan fingerprint density at radius 3 is 2.60 bits per heavy atom. The Morgan fingerprint density at radius 2 is 1.90 bits per heavy atom. The van der Waals surface area contributed by atoms with Crippen molar-refractivity contribution in [2.75, 3.05) is 7.11 Å². The van der Waals surface area contributed by atoms with Crippen molar-refractivity contribution < 1.29 is 14.5 Å². The highest BCUT2D eigenvalue weighted by Gasteiger charge is 2.26. The number of esters is 1. The van der Waals surface area contributed by atoms with Crippen molar-refractivity contribution in [2.45, 2.75) is 6.92 Å². The van der Waals surface area contributed by atoms with Gasteiger partial charge in [-0.25, -0.2) is 4.79 Å². The van der Waals surface area contributed by atoms with Gasteiger partial charge in [-0.15, -0.1) is 0 Å². The number of nitrogens with zero attached hydrogens (tertiary/aromatic N) is 4. The number of fused-ring (bicyclic) bond motifs is 1. The minimum atomic E-state index is -0.707. The topological polar surface area (TPSA) is 109 Å². The Labute approximate surface area is 170 Å². The Kier molecular flexibility index (Phi) is 4.63. The molecular formula is C21H16N4O5. The second-order valence-electron chi connectivity index (χ2n) is 6.63. The quantitative estimate of drug-likeness (QED) is 0.294. The highest BCUT2D eigenvalue weighted by molar-refractivity contribution is 5.96. The monoisotopic (exact) mass is 404 g/mol. The van der Waals surface area contributed by atoms with Gasteiger partial charge in [-0.3, -0.25) is 14.9 Å². The maximum Gasteiger partial charge on any atom is 0.341 e. The van der Waals surface area contributed by atoms with Crippen LogP contribution in [0.15, 0.2) is 65.7 Å². The zero-order chi connectivity index (χ0) is 21.4. The third-order valence-electron chi connectivity index (χ3n) is 4.68. The summed E-state index contributed by atoms with van der Waals surface area (Å²) in [5.41, 5.74) is 1.39. The van der Waals surface area contributed by atoms with Gasteiger partial charge in [-0.2, -0.15) is 9.78 Å². The first-order valence-corrected chi connectivity index (χ1v) is 8.95. The third-order valence-corrected chi connectivity index (χ3v) is 4.68. The third kappa shape index (κ3) is 3.12. The summed E-state index contributed by atoms with van der Waals surface area (Å²) in [6.45, 7) is 1.89. The van der Waals surface area contributed by atoms with Gasteiger partial charge < -0.3 is 9.30 Å². The molecule has 0 N–H and O–H groups in total. The number of benzene rings is 2. The van der Waals surface area contributed by atoms with Crippen LogP contribution in [0.4, 0.5) is 5.69 Å². The molecule has 2 aliphatic heterocycles. The van der Waals surface area contributed by atoms with E-state index >= 15 is 0 Å². The molecule has 2 aromatic carbocycles. The van der Waals surface area contributed by atoms with Crippen molar-refractivity contribution >= 4 is 11.7 Å². The van der Waals surface area contributed by atoms with Crippen molar-refractivity contribution in [3.8, 4) is 22.6 Å². The van der Waals surface area contributed by atoms with Crippen molar-refractivity contribution in [3.63, 3.8) is 0 Å². The summed E-state index contributed by atoms with van der Waals surface area (Å²) in [6, 6.07) is 13.3. The summed E-state index contributed by atoms with van der Waals surface area (Å²) < 4.78 is 7.42. The van der Waals surface area contributed by atoms with E-state index in [0.717, 1.165) is 5.56 Å². The Balaban J connectivity index is 2.03. The minimum absolute atomic E-state index is 0.0247. The van der Waals surface area contributed by atoms with Gasteiger partial charge in [0.1, 0.15) is 16.9 Å².